The SMILES string of the molecule is Cc1noc(Cl)c1CCC(=O)N1CCCNCC1.Cl. The average molecular weight is 308 g/mol. The number of hydrogen-bond acceptors (Lipinski definition) is 4. The molecule has 0 unspecified atom stereocenters. The van der Waals surface area contributed by atoms with Crippen molar-refractivity contribution in [1.29, 1.82) is 0 Å². The Bertz CT molecular complexity index is 396. The molecule has 0 bridgehead atoms. The van der Waals surface area contributed by atoms with Crippen LogP contribution >= 0.6 is 24.0 Å². The highest BCUT2D eigenvalue weighted by Gasteiger charge is 2.17. The van der Waals surface area contributed by atoms with E-state index < -0.39 is 0 Å². The largest absolute Gasteiger partial charge is 0.344 e. The molecule has 1 N–H and O–H groups in total. The van der Waals surface area contributed by atoms with E-state index in [1.165, 1.54) is 0 Å². The second-order valence-electron chi connectivity index (χ2n) is 4.50. The molecule has 5 nitrogen and oxygen atoms in total. The van der Waals surface area contributed by atoms with E-state index in [0.717, 1.165) is 43.9 Å². The van der Waals surface area contributed by atoms with Crippen LogP contribution in [0.3, 0.4) is 0 Å². The molecule has 1 aliphatic rings. The molecule has 1 saturated heterocycles. The van der Waals surface area contributed by atoms with E-state index in [9.17, 15) is 4.79 Å². The lowest BCUT2D eigenvalue weighted by atomic mass is 10.1. The van der Waals surface area contributed by atoms with Crippen LogP contribution in [-0.4, -0.2) is 42.1 Å². The number of carbonyl (C=O) groups excluding carboxylic acids is 1. The minimum absolute atomic E-state index is 0. The van der Waals surface area contributed by atoms with Gasteiger partial charge in [0.1, 0.15) is 0 Å². The molecule has 2 heterocycles. The Labute approximate surface area is 124 Å². The molecular weight excluding hydrogens is 289 g/mol. The smallest absolute Gasteiger partial charge is 0.229 e. The van der Waals surface area contributed by atoms with E-state index >= 15 is 0 Å². The van der Waals surface area contributed by atoms with Crippen LogP contribution in [0.2, 0.25) is 5.22 Å². The molecule has 19 heavy (non-hydrogen) atoms. The molecular formula is C12H19Cl2N3O2. The van der Waals surface area contributed by atoms with Crippen LogP contribution in [0.4, 0.5) is 0 Å². The summed E-state index contributed by atoms with van der Waals surface area (Å²) in [5.41, 5.74) is 1.61. The molecule has 108 valence electrons. The summed E-state index contributed by atoms with van der Waals surface area (Å²) in [6.07, 6.45) is 2.07. The van der Waals surface area contributed by atoms with Gasteiger partial charge in [-0.3, -0.25) is 4.79 Å². The Morgan fingerprint density at radius 3 is 2.95 bits per heavy atom. The second kappa shape index (κ2) is 7.72. The first kappa shape index (κ1) is 16.3. The van der Waals surface area contributed by atoms with Crippen molar-refractivity contribution in [2.45, 2.75) is 26.2 Å². The quantitative estimate of drug-likeness (QED) is 0.925. The van der Waals surface area contributed by atoms with Gasteiger partial charge in [0.25, 0.3) is 0 Å². The van der Waals surface area contributed by atoms with Gasteiger partial charge in [-0.2, -0.15) is 0 Å². The number of aromatic nitrogens is 1. The summed E-state index contributed by atoms with van der Waals surface area (Å²) in [6.45, 7) is 5.32. The number of amides is 1. The molecule has 1 fully saturated rings. The Balaban J connectivity index is 0.00000180. The van der Waals surface area contributed by atoms with Crippen molar-refractivity contribution < 1.29 is 9.32 Å². The summed E-state index contributed by atoms with van der Waals surface area (Å²) in [5, 5.41) is 7.36. The van der Waals surface area contributed by atoms with Crippen molar-refractivity contribution in [1.82, 2.24) is 15.4 Å². The third-order valence-corrected chi connectivity index (χ3v) is 3.52. The topological polar surface area (TPSA) is 58.4 Å². The zero-order chi connectivity index (χ0) is 13.0. The van der Waals surface area contributed by atoms with Crippen LogP contribution in [0.1, 0.15) is 24.1 Å². The number of hydrogen-bond donors (Lipinski definition) is 1. The first-order valence-corrected chi connectivity index (χ1v) is 6.65. The maximum absolute atomic E-state index is 12.1. The molecule has 7 heteroatoms. The fraction of sp³-hybridized carbons (Fsp3) is 0.667. The minimum atomic E-state index is 0. The molecule has 0 radical (unpaired) electrons. The molecule has 0 aromatic carbocycles. The number of halogens is 2. The van der Waals surface area contributed by atoms with Crippen LogP contribution in [0.25, 0.3) is 0 Å². The monoisotopic (exact) mass is 307 g/mol. The Morgan fingerprint density at radius 2 is 2.26 bits per heavy atom. The van der Waals surface area contributed by atoms with E-state index in [1.54, 1.807) is 0 Å². The van der Waals surface area contributed by atoms with Crippen LogP contribution < -0.4 is 5.32 Å². The van der Waals surface area contributed by atoms with Gasteiger partial charge in [0.05, 0.1) is 5.69 Å². The standard InChI is InChI=1S/C12H18ClN3O2.ClH/c1-9-10(12(13)18-15-9)3-4-11(17)16-7-2-5-14-6-8-16;/h14H,2-8H2,1H3;1H. The Morgan fingerprint density at radius 1 is 1.47 bits per heavy atom. The molecule has 0 saturated carbocycles. The Kier molecular flexibility index (Phi) is 6.62. The number of rotatable bonds is 3. The van der Waals surface area contributed by atoms with Crippen molar-refractivity contribution in [3.05, 3.63) is 16.5 Å². The maximum Gasteiger partial charge on any atom is 0.229 e. The van der Waals surface area contributed by atoms with Gasteiger partial charge in [-0.05, 0) is 37.9 Å². The van der Waals surface area contributed by atoms with E-state index in [1.807, 2.05) is 11.8 Å². The molecule has 1 aliphatic heterocycles. The summed E-state index contributed by atoms with van der Waals surface area (Å²) < 4.78 is 4.87. The second-order valence-corrected chi connectivity index (χ2v) is 4.85. The summed E-state index contributed by atoms with van der Waals surface area (Å²) >= 11 is 5.88. The molecule has 0 aliphatic carbocycles. The van der Waals surface area contributed by atoms with Gasteiger partial charge in [-0.15, -0.1) is 12.4 Å². The van der Waals surface area contributed by atoms with Gasteiger partial charge in [-0.1, -0.05) is 5.16 Å². The maximum atomic E-state index is 12.1. The lowest BCUT2D eigenvalue weighted by molar-refractivity contribution is -0.130. The lowest BCUT2D eigenvalue weighted by Crippen LogP contribution is -2.34. The number of nitrogens with one attached hydrogen (secondary N) is 1. The van der Waals surface area contributed by atoms with Crippen molar-refractivity contribution in [3.8, 4) is 0 Å². The summed E-state index contributed by atoms with van der Waals surface area (Å²) in [7, 11) is 0. The molecule has 1 amide bonds. The van der Waals surface area contributed by atoms with Gasteiger partial charge in [-0.25, -0.2) is 0 Å². The van der Waals surface area contributed by atoms with E-state index in [4.69, 9.17) is 16.1 Å². The first-order chi connectivity index (χ1) is 8.68. The van der Waals surface area contributed by atoms with Crippen molar-refractivity contribution in [2.24, 2.45) is 0 Å². The van der Waals surface area contributed by atoms with Gasteiger partial charge >= 0.3 is 0 Å². The van der Waals surface area contributed by atoms with E-state index in [-0.39, 0.29) is 18.3 Å². The molecule has 0 atom stereocenters. The molecule has 2 rings (SSSR count). The highest BCUT2D eigenvalue weighted by Crippen LogP contribution is 2.20. The predicted octanol–water partition coefficient (Wildman–Crippen LogP) is 1.81. The zero-order valence-corrected chi connectivity index (χ0v) is 12.5. The highest BCUT2D eigenvalue weighted by atomic mass is 35.5. The number of aryl methyl sites for hydroxylation is 1. The zero-order valence-electron chi connectivity index (χ0n) is 10.9. The van der Waals surface area contributed by atoms with E-state index in [0.29, 0.717) is 18.1 Å². The molecule has 1 aromatic heterocycles. The van der Waals surface area contributed by atoms with Gasteiger partial charge < -0.3 is 14.7 Å². The van der Waals surface area contributed by atoms with Gasteiger partial charge in [0, 0.05) is 31.6 Å². The fourth-order valence-electron chi connectivity index (χ4n) is 2.13. The van der Waals surface area contributed by atoms with E-state index in [2.05, 4.69) is 10.5 Å². The third kappa shape index (κ3) is 4.37. The molecule has 0 spiro atoms. The average Bonchev–Trinajstić information content (AvgIpc) is 2.61. The van der Waals surface area contributed by atoms with Gasteiger partial charge in [0.15, 0.2) is 0 Å². The van der Waals surface area contributed by atoms with Crippen LogP contribution in [0.15, 0.2) is 4.52 Å². The minimum Gasteiger partial charge on any atom is -0.344 e. The van der Waals surface area contributed by atoms with Crippen molar-refractivity contribution >= 4 is 29.9 Å². The summed E-state index contributed by atoms with van der Waals surface area (Å²) in [6, 6.07) is 0. The summed E-state index contributed by atoms with van der Waals surface area (Å²) in [4.78, 5) is 14.0. The van der Waals surface area contributed by atoms with Crippen LogP contribution in [0, 0.1) is 6.92 Å². The van der Waals surface area contributed by atoms with Crippen LogP contribution in [-0.2, 0) is 11.2 Å². The lowest BCUT2D eigenvalue weighted by Gasteiger charge is -2.19. The highest BCUT2D eigenvalue weighted by molar-refractivity contribution is 6.29. The van der Waals surface area contributed by atoms with Gasteiger partial charge in [0.2, 0.25) is 11.1 Å². The predicted molar refractivity (Wildman–Crippen MR) is 75.9 cm³/mol. The number of carbonyl (C=O) groups is 1. The van der Waals surface area contributed by atoms with Crippen molar-refractivity contribution in [2.75, 3.05) is 26.2 Å². The number of nitrogens with zero attached hydrogens (tertiary/aromatic N) is 2. The first-order valence-electron chi connectivity index (χ1n) is 6.27. The summed E-state index contributed by atoms with van der Waals surface area (Å²) in [5.74, 6) is 0.176. The van der Waals surface area contributed by atoms with Crippen LogP contribution in [0.5, 0.6) is 0 Å². The fourth-order valence-corrected chi connectivity index (χ4v) is 2.39. The Hall–Kier alpha value is -0.780. The third-order valence-electron chi connectivity index (χ3n) is 3.22. The normalized spacial score (nSPS) is 15.8. The molecule has 1 aromatic rings. The van der Waals surface area contributed by atoms with Crippen molar-refractivity contribution in [3.63, 3.8) is 0 Å².